The van der Waals surface area contributed by atoms with Gasteiger partial charge < -0.3 is 14.6 Å². The molecule has 1 N–H and O–H groups in total. The second kappa shape index (κ2) is 12.1. The van der Waals surface area contributed by atoms with Gasteiger partial charge in [-0.1, -0.05) is 182 Å². The van der Waals surface area contributed by atoms with Crippen molar-refractivity contribution in [2.75, 3.05) is 0 Å². The maximum Gasteiger partial charge on any atom is 0.223 e. The maximum atomic E-state index is 13.3. The number of rotatable bonds is 8. The molecule has 3 nitrogen and oxygen atoms in total. The molecule has 6 aromatic carbocycles. The summed E-state index contributed by atoms with van der Waals surface area (Å²) in [5.74, 6) is -1.39. The summed E-state index contributed by atoms with van der Waals surface area (Å²) in [4.78, 5) is -1.27. The molecule has 0 bridgehead atoms. The SMILES string of the molecule is OC(c1ccccc1)(c1ccccc1)[C@@H]1OC(c2ccccc2)(c2ccccc2)O[C@H]1C(Cl)(c1ccccc1)c1ccccc1. The minimum atomic E-state index is -1.66. The van der Waals surface area contributed by atoms with E-state index in [0.29, 0.717) is 11.1 Å². The molecule has 7 rings (SSSR count). The Bertz CT molecular complexity index is 1600. The highest BCUT2D eigenvalue weighted by molar-refractivity contribution is 6.26. The van der Waals surface area contributed by atoms with Crippen molar-refractivity contribution >= 4 is 11.6 Å². The highest BCUT2D eigenvalue weighted by atomic mass is 35.5. The van der Waals surface area contributed by atoms with Crippen molar-refractivity contribution in [3.05, 3.63) is 215 Å². The third-order valence-corrected chi connectivity index (χ3v) is 9.44. The van der Waals surface area contributed by atoms with Gasteiger partial charge in [0.1, 0.15) is 22.7 Å². The Morgan fingerprint density at radius 3 is 1.07 bits per heavy atom. The van der Waals surface area contributed by atoms with E-state index in [4.69, 9.17) is 21.1 Å². The molecule has 1 aliphatic heterocycles. The Kier molecular flexibility index (Phi) is 7.87. The molecule has 0 spiro atoms. The van der Waals surface area contributed by atoms with E-state index in [-0.39, 0.29) is 0 Å². The summed E-state index contributed by atoms with van der Waals surface area (Å²) >= 11 is 8.06. The molecule has 1 aliphatic rings. The summed E-state index contributed by atoms with van der Waals surface area (Å²) in [5.41, 5.74) is 2.94. The van der Waals surface area contributed by atoms with Gasteiger partial charge in [-0.3, -0.25) is 0 Å². The van der Waals surface area contributed by atoms with Gasteiger partial charge in [-0.2, -0.15) is 0 Å². The van der Waals surface area contributed by atoms with E-state index in [9.17, 15) is 5.11 Å². The lowest BCUT2D eigenvalue weighted by Crippen LogP contribution is -2.53. The van der Waals surface area contributed by atoms with Gasteiger partial charge in [0.05, 0.1) is 0 Å². The van der Waals surface area contributed by atoms with Crippen molar-refractivity contribution in [2.45, 2.75) is 28.5 Å². The van der Waals surface area contributed by atoms with E-state index in [2.05, 4.69) is 0 Å². The minimum absolute atomic E-state index is 0.673. The molecule has 0 aromatic heterocycles. The van der Waals surface area contributed by atoms with Gasteiger partial charge in [0.2, 0.25) is 5.79 Å². The van der Waals surface area contributed by atoms with E-state index in [1.165, 1.54) is 0 Å². The van der Waals surface area contributed by atoms with Gasteiger partial charge in [-0.15, -0.1) is 11.6 Å². The Morgan fingerprint density at radius 2 is 0.711 bits per heavy atom. The highest BCUT2D eigenvalue weighted by Gasteiger charge is 2.64. The van der Waals surface area contributed by atoms with Crippen LogP contribution in [0.15, 0.2) is 182 Å². The van der Waals surface area contributed by atoms with Crippen LogP contribution >= 0.6 is 11.6 Å². The number of hydrogen-bond donors (Lipinski definition) is 1. The third-order valence-electron chi connectivity index (χ3n) is 8.79. The molecule has 1 saturated heterocycles. The van der Waals surface area contributed by atoms with Crippen LogP contribution in [-0.2, 0) is 25.7 Å². The fourth-order valence-electron chi connectivity index (χ4n) is 6.59. The van der Waals surface area contributed by atoms with Crippen LogP contribution in [0.4, 0.5) is 0 Å². The molecule has 0 amide bonds. The van der Waals surface area contributed by atoms with Crippen molar-refractivity contribution in [1.82, 2.24) is 0 Å². The monoisotopic (exact) mass is 608 g/mol. The molecule has 4 heteroatoms. The van der Waals surface area contributed by atoms with Gasteiger partial charge in [-0.05, 0) is 22.3 Å². The van der Waals surface area contributed by atoms with Crippen LogP contribution in [-0.4, -0.2) is 17.3 Å². The molecule has 2 atom stereocenters. The van der Waals surface area contributed by atoms with E-state index >= 15 is 0 Å². The molecule has 222 valence electrons. The van der Waals surface area contributed by atoms with Crippen molar-refractivity contribution < 1.29 is 14.6 Å². The van der Waals surface area contributed by atoms with Gasteiger partial charge in [-0.25, -0.2) is 0 Å². The van der Waals surface area contributed by atoms with Crippen LogP contribution in [0.3, 0.4) is 0 Å². The first-order valence-corrected chi connectivity index (χ1v) is 15.5. The molecule has 45 heavy (non-hydrogen) atoms. The van der Waals surface area contributed by atoms with E-state index in [0.717, 1.165) is 22.3 Å². The van der Waals surface area contributed by atoms with E-state index in [1.807, 2.05) is 182 Å². The number of hydrogen-bond acceptors (Lipinski definition) is 3. The minimum Gasteiger partial charge on any atom is -0.378 e. The lowest BCUT2D eigenvalue weighted by Gasteiger charge is -2.42. The zero-order valence-corrected chi connectivity index (χ0v) is 25.4. The number of halogens is 1. The largest absolute Gasteiger partial charge is 0.378 e. The average Bonchev–Trinajstić information content (AvgIpc) is 3.56. The lowest BCUT2D eigenvalue weighted by atomic mass is 9.74. The van der Waals surface area contributed by atoms with E-state index in [1.54, 1.807) is 0 Å². The summed E-state index contributed by atoms with van der Waals surface area (Å²) < 4.78 is 14.7. The number of alkyl halides is 1. The van der Waals surface area contributed by atoms with Crippen LogP contribution in [0.5, 0.6) is 0 Å². The Hall–Kier alpha value is -4.51. The van der Waals surface area contributed by atoms with Gasteiger partial charge in [0.15, 0.2) is 0 Å². The van der Waals surface area contributed by atoms with Gasteiger partial charge >= 0.3 is 0 Å². The number of benzene rings is 6. The van der Waals surface area contributed by atoms with Gasteiger partial charge in [0, 0.05) is 11.1 Å². The first kappa shape index (κ1) is 29.2. The predicted octanol–water partition coefficient (Wildman–Crippen LogP) is 8.79. The van der Waals surface area contributed by atoms with Crippen molar-refractivity contribution in [3.63, 3.8) is 0 Å². The smallest absolute Gasteiger partial charge is 0.223 e. The predicted molar refractivity (Wildman–Crippen MR) is 179 cm³/mol. The fraction of sp³-hybridized carbons (Fsp3) is 0.122. The molecule has 0 saturated carbocycles. The standard InChI is InChI=1S/C41H33ClO3/c42-39(31-19-7-1-8-20-31,32-21-9-2-10-22-32)37-38(40(43,33-23-11-3-12-24-33)34-25-13-4-14-26-34)45-41(44-37,35-27-15-5-16-28-35)36-29-17-6-18-30-36/h1-30,37-38,43H/t37-,38-/m1/s1. The summed E-state index contributed by atoms with van der Waals surface area (Å²) in [7, 11) is 0. The van der Waals surface area contributed by atoms with Crippen LogP contribution in [0, 0.1) is 0 Å². The van der Waals surface area contributed by atoms with Crippen LogP contribution in [0.1, 0.15) is 33.4 Å². The second-order valence-corrected chi connectivity index (χ2v) is 12.0. The van der Waals surface area contributed by atoms with Crippen LogP contribution in [0.25, 0.3) is 0 Å². The number of ether oxygens (including phenoxy) is 2. The van der Waals surface area contributed by atoms with Crippen LogP contribution < -0.4 is 0 Å². The molecule has 0 radical (unpaired) electrons. The van der Waals surface area contributed by atoms with E-state index < -0.39 is 28.5 Å². The molecule has 1 fully saturated rings. The summed E-state index contributed by atoms with van der Waals surface area (Å²) in [6, 6.07) is 59.0. The topological polar surface area (TPSA) is 38.7 Å². The first-order chi connectivity index (χ1) is 22.1. The van der Waals surface area contributed by atoms with Crippen LogP contribution in [0.2, 0.25) is 0 Å². The summed E-state index contributed by atoms with van der Waals surface area (Å²) in [6.45, 7) is 0. The third kappa shape index (κ3) is 4.99. The van der Waals surface area contributed by atoms with Crippen molar-refractivity contribution in [1.29, 1.82) is 0 Å². The number of aliphatic hydroxyl groups is 1. The summed E-state index contributed by atoms with van der Waals surface area (Å²) in [6.07, 6.45) is -1.88. The molecule has 1 heterocycles. The zero-order chi connectivity index (χ0) is 30.7. The lowest BCUT2D eigenvalue weighted by molar-refractivity contribution is -0.170. The maximum absolute atomic E-state index is 13.3. The second-order valence-electron chi connectivity index (χ2n) is 11.4. The molecule has 6 aromatic rings. The zero-order valence-electron chi connectivity index (χ0n) is 24.6. The molecular weight excluding hydrogens is 576 g/mol. The van der Waals surface area contributed by atoms with Crippen molar-refractivity contribution in [2.24, 2.45) is 0 Å². The Balaban J connectivity index is 1.56. The molecule has 0 unspecified atom stereocenters. The average molecular weight is 609 g/mol. The normalized spacial score (nSPS) is 18.0. The Labute approximate surface area is 269 Å². The first-order valence-electron chi connectivity index (χ1n) is 15.2. The fourth-order valence-corrected chi connectivity index (χ4v) is 7.00. The molecular formula is C41H33ClO3. The summed E-state index contributed by atoms with van der Waals surface area (Å²) in [5, 5.41) is 13.3. The highest BCUT2D eigenvalue weighted by Crippen LogP contribution is 2.56. The quantitative estimate of drug-likeness (QED) is 0.176. The van der Waals surface area contributed by atoms with Crippen molar-refractivity contribution in [3.8, 4) is 0 Å². The molecule has 0 aliphatic carbocycles. The Morgan fingerprint density at radius 1 is 0.422 bits per heavy atom. The van der Waals surface area contributed by atoms with Gasteiger partial charge in [0.25, 0.3) is 0 Å².